The van der Waals surface area contributed by atoms with E-state index in [1.54, 1.807) is 18.2 Å². The number of amides is 1. The van der Waals surface area contributed by atoms with Crippen LogP contribution in [-0.2, 0) is 0 Å². The summed E-state index contributed by atoms with van der Waals surface area (Å²) in [7, 11) is 0. The Bertz CT molecular complexity index is 630. The van der Waals surface area contributed by atoms with Gasteiger partial charge < -0.3 is 10.6 Å². The first kappa shape index (κ1) is 14.2. The first-order valence-corrected chi connectivity index (χ1v) is 6.73. The predicted molar refractivity (Wildman–Crippen MR) is 82.8 cm³/mol. The van der Waals surface area contributed by atoms with E-state index in [0.717, 1.165) is 4.47 Å². The number of nitrogens with one attached hydrogen (secondary N) is 2. The molecular weight excluding hydrogens is 320 g/mol. The molecule has 2 aromatic rings. The van der Waals surface area contributed by atoms with Crippen molar-refractivity contribution in [3.05, 3.63) is 59.4 Å². The second-order valence-corrected chi connectivity index (χ2v) is 4.72. The normalized spacial score (nSPS) is 9.85. The lowest BCUT2D eigenvalue weighted by Crippen LogP contribution is -2.15. The van der Waals surface area contributed by atoms with Gasteiger partial charge in [0.15, 0.2) is 0 Å². The Kier molecular flexibility index (Phi) is 4.84. The van der Waals surface area contributed by atoms with Crippen LogP contribution in [-0.4, -0.2) is 22.4 Å². The van der Waals surface area contributed by atoms with Crippen LogP contribution in [0.25, 0.3) is 0 Å². The van der Waals surface area contributed by atoms with Gasteiger partial charge in [-0.25, -0.2) is 9.97 Å². The standard InChI is InChI=1S/C14H13BrN4O/c1-2-8-16-14-17-9-7-12(19-14)13(20)18-11-6-4-3-5-10(11)15/h2-7,9H,1,8H2,(H,18,20)(H,16,17,19). The summed E-state index contributed by atoms with van der Waals surface area (Å²) in [5, 5.41) is 5.72. The lowest BCUT2D eigenvalue weighted by atomic mass is 10.3. The van der Waals surface area contributed by atoms with Gasteiger partial charge in [-0.05, 0) is 34.1 Å². The average molecular weight is 333 g/mol. The van der Waals surface area contributed by atoms with Gasteiger partial charge in [0.05, 0.1) is 5.69 Å². The fourth-order valence-electron chi connectivity index (χ4n) is 1.48. The smallest absolute Gasteiger partial charge is 0.274 e. The van der Waals surface area contributed by atoms with Crippen molar-refractivity contribution in [3.8, 4) is 0 Å². The summed E-state index contributed by atoms with van der Waals surface area (Å²) < 4.78 is 0.812. The van der Waals surface area contributed by atoms with Crippen LogP contribution in [0.1, 0.15) is 10.5 Å². The number of nitrogens with zero attached hydrogens (tertiary/aromatic N) is 2. The summed E-state index contributed by atoms with van der Waals surface area (Å²) in [6.45, 7) is 4.13. The highest BCUT2D eigenvalue weighted by Gasteiger charge is 2.10. The average Bonchev–Trinajstić information content (AvgIpc) is 2.48. The van der Waals surface area contributed by atoms with Crippen molar-refractivity contribution in [2.24, 2.45) is 0 Å². The minimum Gasteiger partial charge on any atom is -0.351 e. The van der Waals surface area contributed by atoms with Crippen molar-refractivity contribution in [3.63, 3.8) is 0 Å². The number of carbonyl (C=O) groups excluding carboxylic acids is 1. The molecule has 1 aromatic heterocycles. The zero-order chi connectivity index (χ0) is 14.4. The van der Waals surface area contributed by atoms with E-state index in [1.807, 2.05) is 18.2 Å². The van der Waals surface area contributed by atoms with Gasteiger partial charge in [0.1, 0.15) is 5.69 Å². The van der Waals surface area contributed by atoms with Crippen LogP contribution in [0, 0.1) is 0 Å². The van der Waals surface area contributed by atoms with Gasteiger partial charge in [0, 0.05) is 17.2 Å². The van der Waals surface area contributed by atoms with E-state index in [0.29, 0.717) is 23.9 Å². The quantitative estimate of drug-likeness (QED) is 0.825. The molecule has 1 aromatic carbocycles. The largest absolute Gasteiger partial charge is 0.351 e. The Hall–Kier alpha value is -2.21. The van der Waals surface area contributed by atoms with E-state index < -0.39 is 0 Å². The molecule has 102 valence electrons. The fraction of sp³-hybridized carbons (Fsp3) is 0.0714. The van der Waals surface area contributed by atoms with Crippen molar-refractivity contribution in [1.82, 2.24) is 9.97 Å². The first-order valence-electron chi connectivity index (χ1n) is 5.94. The van der Waals surface area contributed by atoms with E-state index in [1.165, 1.54) is 6.20 Å². The van der Waals surface area contributed by atoms with E-state index in [9.17, 15) is 4.79 Å². The molecular formula is C14H13BrN4O. The number of hydrogen-bond donors (Lipinski definition) is 2. The number of carbonyl (C=O) groups is 1. The molecule has 0 spiro atoms. The third kappa shape index (κ3) is 3.64. The number of rotatable bonds is 5. The summed E-state index contributed by atoms with van der Waals surface area (Å²) >= 11 is 3.38. The Morgan fingerprint density at radius 2 is 2.15 bits per heavy atom. The molecule has 0 aliphatic rings. The molecule has 2 rings (SSSR count). The zero-order valence-corrected chi connectivity index (χ0v) is 12.2. The second kappa shape index (κ2) is 6.81. The molecule has 5 nitrogen and oxygen atoms in total. The number of aromatic nitrogens is 2. The number of halogens is 1. The molecule has 1 heterocycles. The van der Waals surface area contributed by atoms with Crippen molar-refractivity contribution in [2.75, 3.05) is 17.2 Å². The molecule has 0 fully saturated rings. The highest BCUT2D eigenvalue weighted by atomic mass is 79.9. The summed E-state index contributed by atoms with van der Waals surface area (Å²) in [6, 6.07) is 8.94. The van der Waals surface area contributed by atoms with Crippen LogP contribution in [0.2, 0.25) is 0 Å². The van der Waals surface area contributed by atoms with Crippen LogP contribution in [0.3, 0.4) is 0 Å². The predicted octanol–water partition coefficient (Wildman–Crippen LogP) is 3.09. The molecule has 0 radical (unpaired) electrons. The van der Waals surface area contributed by atoms with Gasteiger partial charge >= 0.3 is 0 Å². The van der Waals surface area contributed by atoms with Crippen LogP contribution < -0.4 is 10.6 Å². The molecule has 0 saturated heterocycles. The van der Waals surface area contributed by atoms with Gasteiger partial charge in [-0.3, -0.25) is 4.79 Å². The van der Waals surface area contributed by atoms with Crippen molar-refractivity contribution in [1.29, 1.82) is 0 Å². The van der Waals surface area contributed by atoms with Crippen molar-refractivity contribution >= 4 is 33.5 Å². The number of hydrogen-bond acceptors (Lipinski definition) is 4. The van der Waals surface area contributed by atoms with E-state index in [2.05, 4.69) is 43.1 Å². The Labute approximate surface area is 125 Å². The topological polar surface area (TPSA) is 66.9 Å². The maximum absolute atomic E-state index is 12.1. The van der Waals surface area contributed by atoms with E-state index >= 15 is 0 Å². The monoisotopic (exact) mass is 332 g/mol. The highest BCUT2D eigenvalue weighted by Crippen LogP contribution is 2.21. The summed E-state index contributed by atoms with van der Waals surface area (Å²) in [6.07, 6.45) is 3.23. The van der Waals surface area contributed by atoms with Crippen molar-refractivity contribution in [2.45, 2.75) is 0 Å². The Morgan fingerprint density at radius 3 is 2.90 bits per heavy atom. The number of benzene rings is 1. The SMILES string of the molecule is C=CCNc1nccc(C(=O)Nc2ccccc2Br)n1. The summed E-state index contributed by atoms with van der Waals surface area (Å²) in [4.78, 5) is 20.3. The number of para-hydroxylation sites is 1. The van der Waals surface area contributed by atoms with Crippen LogP contribution in [0.4, 0.5) is 11.6 Å². The summed E-state index contributed by atoms with van der Waals surface area (Å²) in [5.74, 6) is 0.102. The summed E-state index contributed by atoms with van der Waals surface area (Å²) in [5.41, 5.74) is 0.985. The molecule has 0 saturated carbocycles. The maximum atomic E-state index is 12.1. The molecule has 20 heavy (non-hydrogen) atoms. The third-order valence-electron chi connectivity index (χ3n) is 2.41. The van der Waals surface area contributed by atoms with Gasteiger partial charge in [-0.1, -0.05) is 18.2 Å². The lowest BCUT2D eigenvalue weighted by Gasteiger charge is -2.07. The van der Waals surface area contributed by atoms with Gasteiger partial charge in [0.25, 0.3) is 5.91 Å². The van der Waals surface area contributed by atoms with Gasteiger partial charge in [-0.15, -0.1) is 6.58 Å². The maximum Gasteiger partial charge on any atom is 0.274 e. The minimum atomic E-state index is -0.291. The lowest BCUT2D eigenvalue weighted by molar-refractivity contribution is 0.102. The first-order chi connectivity index (χ1) is 9.70. The minimum absolute atomic E-state index is 0.291. The zero-order valence-electron chi connectivity index (χ0n) is 10.6. The Morgan fingerprint density at radius 1 is 1.35 bits per heavy atom. The molecule has 0 bridgehead atoms. The van der Waals surface area contributed by atoms with Gasteiger partial charge in [-0.2, -0.15) is 0 Å². The van der Waals surface area contributed by atoms with Crippen LogP contribution in [0.5, 0.6) is 0 Å². The molecule has 0 aliphatic carbocycles. The van der Waals surface area contributed by atoms with Crippen LogP contribution >= 0.6 is 15.9 Å². The van der Waals surface area contributed by atoms with E-state index in [-0.39, 0.29) is 5.91 Å². The Balaban J connectivity index is 2.13. The molecule has 6 heteroatoms. The molecule has 0 atom stereocenters. The molecule has 2 N–H and O–H groups in total. The van der Waals surface area contributed by atoms with E-state index in [4.69, 9.17) is 0 Å². The van der Waals surface area contributed by atoms with Gasteiger partial charge in [0.2, 0.25) is 5.95 Å². The second-order valence-electron chi connectivity index (χ2n) is 3.87. The molecule has 0 aliphatic heterocycles. The molecule has 0 unspecified atom stereocenters. The fourth-order valence-corrected chi connectivity index (χ4v) is 1.87. The van der Waals surface area contributed by atoms with Crippen LogP contribution in [0.15, 0.2) is 53.7 Å². The molecule has 1 amide bonds. The number of anilines is 2. The third-order valence-corrected chi connectivity index (χ3v) is 3.11. The van der Waals surface area contributed by atoms with Crippen molar-refractivity contribution < 1.29 is 4.79 Å². The highest BCUT2D eigenvalue weighted by molar-refractivity contribution is 9.10.